The van der Waals surface area contributed by atoms with E-state index in [1.54, 1.807) is 0 Å². The predicted octanol–water partition coefficient (Wildman–Crippen LogP) is 7.60. The number of carbonyl (C=O) groups is 2. The van der Waals surface area contributed by atoms with Crippen LogP contribution >= 0.6 is 24.8 Å². The summed E-state index contributed by atoms with van der Waals surface area (Å²) in [5.41, 5.74) is 2.01. The molecule has 5 saturated carbocycles. The molecule has 0 radical (unpaired) electrons. The summed E-state index contributed by atoms with van der Waals surface area (Å²) in [7, 11) is 0. The van der Waals surface area contributed by atoms with Crippen molar-refractivity contribution in [1.29, 1.82) is 0 Å². The van der Waals surface area contributed by atoms with Crippen molar-refractivity contribution in [2.75, 3.05) is 111 Å². The zero-order valence-corrected chi connectivity index (χ0v) is 40.1. The van der Waals surface area contributed by atoms with Crippen LogP contribution in [0.25, 0.3) is 0 Å². The average molecular weight is 880 g/mol. The molecule has 12 heteroatoms. The van der Waals surface area contributed by atoms with Crippen molar-refractivity contribution in [3.05, 3.63) is 12.2 Å². The van der Waals surface area contributed by atoms with Crippen LogP contribution in [0.3, 0.4) is 0 Å². The molecule has 4 bridgehead atoms. The van der Waals surface area contributed by atoms with Gasteiger partial charge >= 0.3 is 12.2 Å². The van der Waals surface area contributed by atoms with Crippen molar-refractivity contribution in [3.8, 4) is 0 Å². The number of nitrogens with one attached hydrogen (secondary N) is 2. The summed E-state index contributed by atoms with van der Waals surface area (Å²) >= 11 is 0. The quantitative estimate of drug-likeness (QED) is 0.174. The number of halogens is 2. The van der Waals surface area contributed by atoms with Crippen molar-refractivity contribution < 1.29 is 28.0 Å². The highest BCUT2D eigenvalue weighted by molar-refractivity contribution is 5.85. The van der Waals surface area contributed by atoms with Gasteiger partial charge in [0, 0.05) is 50.1 Å². The standard InChI is InChI=1S/C48H80N6O4.2ClH/c1-35(2)36-10-15-48(34-57-42(55)49-18-26-53-28-20-51(21-29-53)22-30-53)17-16-46(6)37(41(36)48)8-9-39-45(5)13-12-40(44(3,4)38(45)11-14-47(39,46)7)58-43(56)50-19-27-54-31-23-52(24-32-54)25-33-54;;/h36-41H,1,8-34H2,2-7H3;2*1H/p+2/t36-,37?,38?,39?,40-,41?,45-,46+,47+,48+;;/m0../s1. The van der Waals surface area contributed by atoms with Crippen molar-refractivity contribution in [2.24, 2.45) is 56.7 Å². The first-order valence-corrected chi connectivity index (χ1v) is 24.2. The van der Waals surface area contributed by atoms with E-state index >= 15 is 0 Å². The molecule has 6 aliphatic heterocycles. The van der Waals surface area contributed by atoms with Gasteiger partial charge in [-0.2, -0.15) is 0 Å². The van der Waals surface area contributed by atoms with Crippen LogP contribution in [0.4, 0.5) is 9.59 Å². The van der Waals surface area contributed by atoms with Crippen LogP contribution in [-0.4, -0.2) is 148 Å². The van der Waals surface area contributed by atoms with Gasteiger partial charge in [0.1, 0.15) is 6.10 Å². The SMILES string of the molecule is C=C(C)[C@@H]1CC[C@]2(COC(=O)NCC[N+]34CCN(CC3)CC4)CC[C@]3(C)C(CCC4[C@@]5(C)CC[C@H](OC(=O)NCC[N+]67CCN(CC6)CC7)C(C)(C)C5CC[C@]43C)C12.Cl.Cl. The molecule has 10 atom stereocenters. The lowest BCUT2D eigenvalue weighted by atomic mass is 9.32. The fraction of sp³-hybridized carbons (Fsp3) is 0.917. The van der Waals surface area contributed by atoms with Gasteiger partial charge in [-0.1, -0.05) is 46.8 Å². The number of carbonyl (C=O) groups excluding carboxylic acids is 2. The minimum atomic E-state index is -0.209. The molecule has 60 heavy (non-hydrogen) atoms. The number of piperazine rings is 6. The summed E-state index contributed by atoms with van der Waals surface area (Å²) in [6, 6.07) is 0. The molecule has 6 saturated heterocycles. The number of ether oxygens (including phenoxy) is 2. The lowest BCUT2D eigenvalue weighted by Gasteiger charge is -2.73. The van der Waals surface area contributed by atoms with Crippen molar-refractivity contribution in [3.63, 3.8) is 0 Å². The number of alkyl carbamates (subject to hydrolysis) is 2. The van der Waals surface area contributed by atoms with Crippen LogP contribution in [0.1, 0.15) is 106 Å². The summed E-state index contributed by atoms with van der Waals surface area (Å²) in [6.07, 6.45) is 11.3. The number of amides is 2. The molecule has 2 N–H and O–H groups in total. The van der Waals surface area contributed by atoms with Crippen molar-refractivity contribution in [1.82, 2.24) is 20.4 Å². The predicted molar refractivity (Wildman–Crippen MR) is 243 cm³/mol. The van der Waals surface area contributed by atoms with Gasteiger partial charge in [0.25, 0.3) is 0 Å². The average Bonchev–Trinajstić information content (AvgIpc) is 3.60. The molecule has 11 rings (SSSR count). The van der Waals surface area contributed by atoms with E-state index in [0.29, 0.717) is 49.3 Å². The van der Waals surface area contributed by atoms with Crippen LogP contribution in [0, 0.1) is 56.7 Å². The number of allylic oxidation sites excluding steroid dienone is 1. The molecule has 0 spiro atoms. The Kier molecular flexibility index (Phi) is 13.2. The molecule has 342 valence electrons. The first-order chi connectivity index (χ1) is 27.6. The highest BCUT2D eigenvalue weighted by Crippen LogP contribution is 2.77. The first-order valence-electron chi connectivity index (χ1n) is 24.2. The Morgan fingerprint density at radius 3 is 1.80 bits per heavy atom. The topological polar surface area (TPSA) is 83.1 Å². The van der Waals surface area contributed by atoms with Crippen LogP contribution in [0.5, 0.6) is 0 Å². The Bertz CT molecular complexity index is 1570. The summed E-state index contributed by atoms with van der Waals surface area (Å²) in [4.78, 5) is 31.9. The van der Waals surface area contributed by atoms with Gasteiger partial charge in [-0.25, -0.2) is 9.59 Å². The summed E-state index contributed by atoms with van der Waals surface area (Å²) < 4.78 is 15.0. The Hall–Kier alpha value is -1.30. The Morgan fingerprint density at radius 1 is 0.667 bits per heavy atom. The molecule has 0 aromatic heterocycles. The van der Waals surface area contributed by atoms with E-state index in [9.17, 15) is 9.59 Å². The van der Waals surface area contributed by atoms with Crippen LogP contribution in [0.15, 0.2) is 12.2 Å². The molecule has 0 aromatic rings. The molecular formula is C48H84Cl2N6O4+2. The third kappa shape index (κ3) is 7.64. The Morgan fingerprint density at radius 2 is 1.23 bits per heavy atom. The van der Waals surface area contributed by atoms with E-state index in [1.165, 1.54) is 123 Å². The van der Waals surface area contributed by atoms with Gasteiger partial charge in [-0.3, -0.25) is 9.80 Å². The second-order valence-electron chi connectivity index (χ2n) is 23.4. The number of hydrogen-bond acceptors (Lipinski definition) is 6. The summed E-state index contributed by atoms with van der Waals surface area (Å²) in [5.74, 6) is 2.82. The monoisotopic (exact) mass is 879 g/mol. The molecule has 11 fully saturated rings. The molecule has 10 nitrogen and oxygen atoms in total. The maximum atomic E-state index is 13.4. The zero-order chi connectivity index (χ0) is 40.8. The zero-order valence-electron chi connectivity index (χ0n) is 38.5. The number of rotatable bonds is 10. The molecule has 4 unspecified atom stereocenters. The fourth-order valence-corrected chi connectivity index (χ4v) is 17.1. The second kappa shape index (κ2) is 16.9. The van der Waals surface area contributed by atoms with E-state index < -0.39 is 0 Å². The maximum absolute atomic E-state index is 13.4. The van der Waals surface area contributed by atoms with E-state index in [4.69, 9.17) is 9.47 Å². The van der Waals surface area contributed by atoms with Crippen LogP contribution in [-0.2, 0) is 9.47 Å². The van der Waals surface area contributed by atoms with Gasteiger partial charge in [-0.15, -0.1) is 24.8 Å². The van der Waals surface area contributed by atoms with Gasteiger partial charge < -0.3 is 29.1 Å². The normalized spacial score (nSPS) is 46.8. The lowest BCUT2D eigenvalue weighted by molar-refractivity contribution is -0.939. The number of hydrogen-bond donors (Lipinski definition) is 2. The van der Waals surface area contributed by atoms with Crippen LogP contribution < -0.4 is 10.6 Å². The van der Waals surface area contributed by atoms with Gasteiger partial charge in [0.05, 0.1) is 72.1 Å². The van der Waals surface area contributed by atoms with E-state index in [-0.39, 0.29) is 70.2 Å². The molecule has 6 heterocycles. The largest absolute Gasteiger partial charge is 0.449 e. The lowest BCUT2D eigenvalue weighted by Crippen LogP contribution is -2.68. The summed E-state index contributed by atoms with van der Waals surface area (Å²) in [6.45, 7) is 38.3. The van der Waals surface area contributed by atoms with Gasteiger partial charge in [0.15, 0.2) is 0 Å². The molecule has 0 aromatic carbocycles. The Balaban J connectivity index is 0.00000272. The summed E-state index contributed by atoms with van der Waals surface area (Å²) in [5, 5.41) is 6.40. The van der Waals surface area contributed by atoms with Gasteiger partial charge in [0.2, 0.25) is 0 Å². The highest BCUT2D eigenvalue weighted by Gasteiger charge is 2.71. The smallest absolute Gasteiger partial charge is 0.407 e. The minimum absolute atomic E-state index is 0. The molecular weight excluding hydrogens is 795 g/mol. The van der Waals surface area contributed by atoms with Crippen molar-refractivity contribution >= 4 is 37.0 Å². The number of nitrogens with zero attached hydrogens (tertiary/aromatic N) is 4. The Labute approximate surface area is 376 Å². The number of quaternary nitrogens is 2. The number of fused-ring (bicyclic) bond motifs is 13. The molecule has 5 aliphatic carbocycles. The first kappa shape index (κ1) is 46.7. The van der Waals surface area contributed by atoms with Crippen molar-refractivity contribution in [2.45, 2.75) is 112 Å². The molecule has 2 amide bonds. The second-order valence-corrected chi connectivity index (χ2v) is 23.4. The maximum Gasteiger partial charge on any atom is 0.407 e. The van der Waals surface area contributed by atoms with Gasteiger partial charge in [-0.05, 0) is 117 Å². The third-order valence-electron chi connectivity index (χ3n) is 21.0. The van der Waals surface area contributed by atoms with E-state index in [0.717, 1.165) is 47.7 Å². The fourth-order valence-electron chi connectivity index (χ4n) is 17.1. The van der Waals surface area contributed by atoms with E-state index in [1.807, 2.05) is 0 Å². The molecule has 11 aliphatic rings. The van der Waals surface area contributed by atoms with Crippen LogP contribution in [0.2, 0.25) is 0 Å². The highest BCUT2D eigenvalue weighted by atomic mass is 35.5. The third-order valence-corrected chi connectivity index (χ3v) is 21.0. The minimum Gasteiger partial charge on any atom is -0.449 e. The van der Waals surface area contributed by atoms with E-state index in [2.05, 4.69) is 68.6 Å².